The second-order valence-electron chi connectivity index (χ2n) is 5.08. The number of esters is 1. The van der Waals surface area contributed by atoms with Crippen LogP contribution in [0.3, 0.4) is 0 Å². The molecule has 0 saturated heterocycles. The summed E-state index contributed by atoms with van der Waals surface area (Å²) in [6.07, 6.45) is -3.03. The summed E-state index contributed by atoms with van der Waals surface area (Å²) in [5.41, 5.74) is -0.0496. The molecule has 2 aromatic rings. The third-order valence-corrected chi connectivity index (χ3v) is 3.90. The van der Waals surface area contributed by atoms with E-state index < -0.39 is 17.7 Å². The summed E-state index contributed by atoms with van der Waals surface area (Å²) in [6, 6.07) is 8.88. The van der Waals surface area contributed by atoms with Gasteiger partial charge in [0.1, 0.15) is 0 Å². The number of hydrogen-bond donors (Lipinski definition) is 0. The average molecular weight is 386 g/mol. The lowest BCUT2D eigenvalue weighted by Crippen LogP contribution is -2.08. The molecule has 1 aliphatic rings. The van der Waals surface area contributed by atoms with Crippen LogP contribution >= 0.6 is 23.2 Å². The molecule has 0 fully saturated rings. The van der Waals surface area contributed by atoms with Crippen molar-refractivity contribution in [1.82, 2.24) is 0 Å². The molecule has 1 aliphatic heterocycles. The van der Waals surface area contributed by atoms with Gasteiger partial charge in [0.05, 0.1) is 5.56 Å². The topological polar surface area (TPSA) is 38.7 Å². The number of benzene rings is 2. The van der Waals surface area contributed by atoms with Crippen molar-refractivity contribution in [2.24, 2.45) is 4.99 Å². The van der Waals surface area contributed by atoms with Gasteiger partial charge in [-0.15, -0.1) is 0 Å². The summed E-state index contributed by atoms with van der Waals surface area (Å²) in [4.78, 5) is 15.9. The highest BCUT2D eigenvalue weighted by atomic mass is 35.5. The second kappa shape index (κ2) is 6.54. The Morgan fingerprint density at radius 3 is 2.32 bits per heavy atom. The van der Waals surface area contributed by atoms with Crippen molar-refractivity contribution in [3.05, 3.63) is 74.9 Å². The number of halogens is 5. The van der Waals surface area contributed by atoms with Crippen LogP contribution < -0.4 is 0 Å². The maximum atomic E-state index is 12.6. The van der Waals surface area contributed by atoms with E-state index in [1.807, 2.05) is 0 Å². The molecule has 0 unspecified atom stereocenters. The third-order valence-electron chi connectivity index (χ3n) is 3.33. The Hall–Kier alpha value is -2.31. The molecule has 0 spiro atoms. The highest BCUT2D eigenvalue weighted by Crippen LogP contribution is 2.30. The molecule has 2 aromatic carbocycles. The Bertz CT molecular complexity index is 903. The summed E-state index contributed by atoms with van der Waals surface area (Å²) in [6.45, 7) is 0. The lowest BCUT2D eigenvalue weighted by atomic mass is 10.1. The van der Waals surface area contributed by atoms with Crippen LogP contribution in [-0.2, 0) is 15.7 Å². The van der Waals surface area contributed by atoms with E-state index in [1.54, 1.807) is 12.1 Å². The van der Waals surface area contributed by atoms with Crippen LogP contribution in [0.4, 0.5) is 13.2 Å². The van der Waals surface area contributed by atoms with Crippen LogP contribution in [0.25, 0.3) is 6.08 Å². The molecule has 3 nitrogen and oxygen atoms in total. The number of rotatable bonds is 2. The molecule has 3 rings (SSSR count). The van der Waals surface area contributed by atoms with Crippen molar-refractivity contribution in [2.45, 2.75) is 6.18 Å². The van der Waals surface area contributed by atoms with Crippen molar-refractivity contribution < 1.29 is 22.7 Å². The Morgan fingerprint density at radius 1 is 1.04 bits per heavy atom. The fraction of sp³-hybridized carbons (Fsp3) is 0.0588. The number of hydrogen-bond acceptors (Lipinski definition) is 3. The normalized spacial score (nSPS) is 16.1. The molecule has 0 saturated carbocycles. The lowest BCUT2D eigenvalue weighted by Gasteiger charge is -2.06. The van der Waals surface area contributed by atoms with Gasteiger partial charge in [-0.05, 0) is 48.0 Å². The van der Waals surface area contributed by atoms with Gasteiger partial charge in [-0.3, -0.25) is 0 Å². The van der Waals surface area contributed by atoms with Gasteiger partial charge in [-0.25, -0.2) is 9.79 Å². The predicted octanol–water partition coefficient (Wildman–Crippen LogP) is 5.36. The minimum absolute atomic E-state index is 0.0147. The molecule has 0 aromatic heterocycles. The molecule has 1 heterocycles. The Morgan fingerprint density at radius 2 is 1.72 bits per heavy atom. The smallest absolute Gasteiger partial charge is 0.402 e. The van der Waals surface area contributed by atoms with Crippen molar-refractivity contribution >= 4 is 41.1 Å². The first-order chi connectivity index (χ1) is 11.7. The predicted molar refractivity (Wildman–Crippen MR) is 88.5 cm³/mol. The van der Waals surface area contributed by atoms with Crippen molar-refractivity contribution in [3.63, 3.8) is 0 Å². The molecule has 0 amide bonds. The number of cyclic esters (lactones) is 1. The molecular weight excluding hydrogens is 378 g/mol. The number of nitrogens with zero attached hydrogens (tertiary/aromatic N) is 1. The zero-order chi connectivity index (χ0) is 18.2. The Balaban J connectivity index is 1.91. The van der Waals surface area contributed by atoms with Crippen molar-refractivity contribution in [3.8, 4) is 0 Å². The van der Waals surface area contributed by atoms with E-state index in [-0.39, 0.29) is 17.2 Å². The van der Waals surface area contributed by atoms with Crippen LogP contribution in [0.5, 0.6) is 0 Å². The number of aliphatic imine (C=N–C) groups is 1. The van der Waals surface area contributed by atoms with E-state index in [2.05, 4.69) is 4.99 Å². The maximum Gasteiger partial charge on any atom is 0.416 e. The summed E-state index contributed by atoms with van der Waals surface area (Å²) >= 11 is 11.8. The molecule has 0 atom stereocenters. The van der Waals surface area contributed by atoms with Crippen LogP contribution in [0.1, 0.15) is 16.7 Å². The third kappa shape index (κ3) is 3.86. The van der Waals surface area contributed by atoms with Crippen LogP contribution in [0.15, 0.2) is 53.2 Å². The molecule has 8 heteroatoms. The monoisotopic (exact) mass is 385 g/mol. The lowest BCUT2D eigenvalue weighted by molar-refractivity contribution is -0.137. The van der Waals surface area contributed by atoms with E-state index >= 15 is 0 Å². The fourth-order valence-corrected chi connectivity index (χ4v) is 2.56. The zero-order valence-electron chi connectivity index (χ0n) is 12.3. The first-order valence-corrected chi connectivity index (χ1v) is 7.65. The molecule has 25 heavy (non-hydrogen) atoms. The summed E-state index contributed by atoms with van der Waals surface area (Å²) < 4.78 is 42.8. The number of carbonyl (C=O) groups is 1. The van der Waals surface area contributed by atoms with Gasteiger partial charge in [0.2, 0.25) is 5.90 Å². The van der Waals surface area contributed by atoms with E-state index in [0.29, 0.717) is 15.6 Å². The molecular formula is C17H8Cl2F3NO2. The quantitative estimate of drug-likeness (QED) is 0.515. The van der Waals surface area contributed by atoms with E-state index in [1.165, 1.54) is 24.3 Å². The van der Waals surface area contributed by atoms with Crippen molar-refractivity contribution in [1.29, 1.82) is 0 Å². The summed E-state index contributed by atoms with van der Waals surface area (Å²) in [7, 11) is 0. The van der Waals surface area contributed by atoms with Crippen LogP contribution in [0, 0.1) is 0 Å². The summed E-state index contributed by atoms with van der Waals surface area (Å²) in [5.74, 6) is -0.795. The standard InChI is InChI=1S/C17H8Cl2F3NO2/c18-12-6-3-10(13(19)8-12)7-14-16(24)25-15(23-14)9-1-4-11(5-2-9)17(20,21)22/h1-8H/b14-7-. The van der Waals surface area contributed by atoms with Crippen molar-refractivity contribution in [2.75, 3.05) is 0 Å². The molecule has 128 valence electrons. The van der Waals surface area contributed by atoms with Gasteiger partial charge >= 0.3 is 12.1 Å². The zero-order valence-corrected chi connectivity index (χ0v) is 13.8. The first kappa shape index (κ1) is 17.5. The first-order valence-electron chi connectivity index (χ1n) is 6.89. The average Bonchev–Trinajstić information content (AvgIpc) is 2.90. The minimum Gasteiger partial charge on any atom is -0.402 e. The largest absolute Gasteiger partial charge is 0.416 e. The number of ether oxygens (including phenoxy) is 1. The number of carbonyl (C=O) groups excluding carboxylic acids is 1. The second-order valence-corrected chi connectivity index (χ2v) is 5.92. The molecule has 0 aliphatic carbocycles. The highest BCUT2D eigenvalue weighted by molar-refractivity contribution is 6.35. The van der Waals surface area contributed by atoms with Gasteiger partial charge in [0.15, 0.2) is 5.70 Å². The van der Waals surface area contributed by atoms with Gasteiger partial charge in [0, 0.05) is 15.6 Å². The maximum absolute atomic E-state index is 12.6. The fourth-order valence-electron chi connectivity index (χ4n) is 2.10. The van der Waals surface area contributed by atoms with E-state index in [9.17, 15) is 18.0 Å². The van der Waals surface area contributed by atoms with Crippen LogP contribution in [-0.4, -0.2) is 11.9 Å². The molecule has 0 bridgehead atoms. The van der Waals surface area contributed by atoms with Gasteiger partial charge in [-0.1, -0.05) is 29.3 Å². The molecule has 0 N–H and O–H groups in total. The van der Waals surface area contributed by atoms with Crippen LogP contribution in [0.2, 0.25) is 10.0 Å². The minimum atomic E-state index is -4.44. The SMILES string of the molecule is O=C1OC(c2ccc(C(F)(F)F)cc2)=N/C1=C\c1ccc(Cl)cc1Cl. The van der Waals surface area contributed by atoms with E-state index in [0.717, 1.165) is 12.1 Å². The van der Waals surface area contributed by atoms with Gasteiger partial charge in [0.25, 0.3) is 0 Å². The van der Waals surface area contributed by atoms with Gasteiger partial charge in [-0.2, -0.15) is 13.2 Å². The van der Waals surface area contributed by atoms with Gasteiger partial charge < -0.3 is 4.74 Å². The Labute approximate surface area is 150 Å². The highest BCUT2D eigenvalue weighted by Gasteiger charge is 2.31. The molecule has 0 radical (unpaired) electrons. The van der Waals surface area contributed by atoms with E-state index in [4.69, 9.17) is 27.9 Å². The number of alkyl halides is 3. The summed E-state index contributed by atoms with van der Waals surface area (Å²) in [5, 5.41) is 0.765. The Kier molecular flexibility index (Phi) is 4.58.